The van der Waals surface area contributed by atoms with E-state index in [4.69, 9.17) is 9.78 Å². The van der Waals surface area contributed by atoms with Crippen molar-refractivity contribution in [3.63, 3.8) is 0 Å². The molecule has 0 aliphatic carbocycles. The number of hydrogen-bond acceptors (Lipinski definition) is 6. The first-order valence-corrected chi connectivity index (χ1v) is 8.29. The van der Waals surface area contributed by atoms with E-state index in [1.54, 1.807) is 37.3 Å². The number of carbonyl (C=O) groups excluding carboxylic acids is 2. The molecule has 24 heavy (non-hydrogen) atoms. The zero-order valence-corrected chi connectivity index (χ0v) is 13.9. The lowest BCUT2D eigenvalue weighted by Gasteiger charge is -2.05. The summed E-state index contributed by atoms with van der Waals surface area (Å²) >= 11 is 1.21. The molecule has 0 unspecified atom stereocenters. The molecular formula is C16H16N4O3S. The van der Waals surface area contributed by atoms with Crippen LogP contribution in [0.25, 0.3) is 0 Å². The fourth-order valence-electron chi connectivity index (χ4n) is 1.79. The SMILES string of the molecule is Cc1cc(NC(=O)CSCC(=O)NCc2ccc(C#N)cc2)no1. The number of benzene rings is 1. The van der Waals surface area contributed by atoms with E-state index in [9.17, 15) is 9.59 Å². The van der Waals surface area contributed by atoms with Crippen LogP contribution >= 0.6 is 11.8 Å². The molecule has 0 atom stereocenters. The van der Waals surface area contributed by atoms with Crippen LogP contribution in [0, 0.1) is 18.3 Å². The number of carbonyl (C=O) groups is 2. The van der Waals surface area contributed by atoms with Crippen molar-refractivity contribution in [2.75, 3.05) is 16.8 Å². The third-order valence-electron chi connectivity index (χ3n) is 2.93. The average molecular weight is 344 g/mol. The summed E-state index contributed by atoms with van der Waals surface area (Å²) in [4.78, 5) is 23.4. The maximum atomic E-state index is 11.7. The van der Waals surface area contributed by atoms with E-state index >= 15 is 0 Å². The number of thioether (sulfide) groups is 1. The Kier molecular flexibility index (Phi) is 6.40. The van der Waals surface area contributed by atoms with E-state index in [-0.39, 0.29) is 23.3 Å². The van der Waals surface area contributed by atoms with Gasteiger partial charge in [0.05, 0.1) is 23.1 Å². The molecule has 0 bridgehead atoms. The van der Waals surface area contributed by atoms with E-state index in [0.29, 0.717) is 23.7 Å². The zero-order chi connectivity index (χ0) is 17.4. The summed E-state index contributed by atoms with van der Waals surface area (Å²) in [6, 6.07) is 10.6. The predicted octanol–water partition coefficient (Wildman–Crippen LogP) is 1.84. The van der Waals surface area contributed by atoms with Crippen LogP contribution in [0.4, 0.5) is 5.82 Å². The Labute approximate surface area is 143 Å². The van der Waals surface area contributed by atoms with Gasteiger partial charge in [-0.25, -0.2) is 0 Å². The van der Waals surface area contributed by atoms with E-state index in [1.165, 1.54) is 11.8 Å². The van der Waals surface area contributed by atoms with Crippen molar-refractivity contribution in [2.45, 2.75) is 13.5 Å². The molecule has 1 aromatic heterocycles. The summed E-state index contributed by atoms with van der Waals surface area (Å²) in [6.07, 6.45) is 0. The van der Waals surface area contributed by atoms with Gasteiger partial charge in [0.15, 0.2) is 5.82 Å². The molecule has 2 amide bonds. The first kappa shape index (κ1) is 17.6. The smallest absolute Gasteiger partial charge is 0.235 e. The van der Waals surface area contributed by atoms with Crippen LogP contribution in [0.1, 0.15) is 16.9 Å². The number of rotatable bonds is 7. The topological polar surface area (TPSA) is 108 Å². The van der Waals surface area contributed by atoms with E-state index in [1.807, 2.05) is 6.07 Å². The fraction of sp³-hybridized carbons (Fsp3) is 0.250. The van der Waals surface area contributed by atoms with Crippen LogP contribution in [-0.4, -0.2) is 28.5 Å². The lowest BCUT2D eigenvalue weighted by Crippen LogP contribution is -2.25. The Morgan fingerprint density at radius 1 is 1.25 bits per heavy atom. The second-order valence-electron chi connectivity index (χ2n) is 4.95. The van der Waals surface area contributed by atoms with Gasteiger partial charge in [0.1, 0.15) is 5.76 Å². The quantitative estimate of drug-likeness (QED) is 0.793. The van der Waals surface area contributed by atoms with Gasteiger partial charge in [-0.1, -0.05) is 17.3 Å². The average Bonchev–Trinajstić information content (AvgIpc) is 2.98. The molecule has 1 aromatic carbocycles. The third kappa shape index (κ3) is 5.78. The van der Waals surface area contributed by atoms with Crippen molar-refractivity contribution in [3.8, 4) is 6.07 Å². The number of nitriles is 1. The summed E-state index contributed by atoms with van der Waals surface area (Å²) < 4.78 is 4.84. The van der Waals surface area contributed by atoms with Crippen molar-refractivity contribution in [1.82, 2.24) is 10.5 Å². The van der Waals surface area contributed by atoms with Gasteiger partial charge < -0.3 is 15.2 Å². The number of amides is 2. The summed E-state index contributed by atoms with van der Waals surface area (Å²) in [5.74, 6) is 0.906. The lowest BCUT2D eigenvalue weighted by molar-refractivity contribution is -0.118. The largest absolute Gasteiger partial charge is 0.360 e. The molecule has 0 radical (unpaired) electrons. The Morgan fingerprint density at radius 2 is 1.96 bits per heavy atom. The molecule has 7 nitrogen and oxygen atoms in total. The molecule has 124 valence electrons. The predicted molar refractivity (Wildman–Crippen MR) is 90.2 cm³/mol. The maximum absolute atomic E-state index is 11.7. The Balaban J connectivity index is 1.63. The van der Waals surface area contributed by atoms with Crippen molar-refractivity contribution in [1.29, 1.82) is 5.26 Å². The Morgan fingerprint density at radius 3 is 2.58 bits per heavy atom. The minimum Gasteiger partial charge on any atom is -0.360 e. The van der Waals surface area contributed by atoms with Crippen molar-refractivity contribution in [3.05, 3.63) is 47.2 Å². The summed E-state index contributed by atoms with van der Waals surface area (Å²) in [6.45, 7) is 2.12. The zero-order valence-electron chi connectivity index (χ0n) is 13.0. The number of hydrogen-bond donors (Lipinski definition) is 2. The molecule has 0 saturated carbocycles. The number of aryl methyl sites for hydroxylation is 1. The molecule has 2 aromatic rings. The Hall–Kier alpha value is -2.79. The van der Waals surface area contributed by atoms with Gasteiger partial charge in [0.25, 0.3) is 0 Å². The fourth-order valence-corrected chi connectivity index (χ4v) is 2.44. The second-order valence-corrected chi connectivity index (χ2v) is 5.93. The van der Waals surface area contributed by atoms with E-state index in [2.05, 4.69) is 15.8 Å². The standard InChI is InChI=1S/C16H16N4O3S/c1-11-6-14(20-23-11)19-16(22)10-24-9-15(21)18-8-13-4-2-12(7-17)3-5-13/h2-6H,8-10H2,1H3,(H,18,21)(H,19,20,22). The first-order valence-electron chi connectivity index (χ1n) is 7.13. The highest BCUT2D eigenvalue weighted by atomic mass is 32.2. The number of nitrogens with zero attached hydrogens (tertiary/aromatic N) is 2. The van der Waals surface area contributed by atoms with Gasteiger partial charge in [-0.15, -0.1) is 11.8 Å². The van der Waals surface area contributed by atoms with Gasteiger partial charge in [0, 0.05) is 12.6 Å². The number of anilines is 1. The third-order valence-corrected chi connectivity index (χ3v) is 3.87. The molecule has 2 rings (SSSR count). The summed E-state index contributed by atoms with van der Waals surface area (Å²) in [7, 11) is 0. The van der Waals surface area contributed by atoms with Crippen LogP contribution in [-0.2, 0) is 16.1 Å². The number of nitrogens with one attached hydrogen (secondary N) is 2. The minimum absolute atomic E-state index is 0.149. The number of aromatic nitrogens is 1. The molecule has 2 N–H and O–H groups in total. The highest BCUT2D eigenvalue weighted by Gasteiger charge is 2.08. The monoisotopic (exact) mass is 344 g/mol. The normalized spacial score (nSPS) is 10.0. The van der Waals surface area contributed by atoms with Crippen LogP contribution < -0.4 is 10.6 Å². The lowest BCUT2D eigenvalue weighted by atomic mass is 10.1. The molecule has 0 spiro atoms. The van der Waals surface area contributed by atoms with E-state index < -0.39 is 0 Å². The van der Waals surface area contributed by atoms with Gasteiger partial charge in [-0.05, 0) is 24.6 Å². The molecule has 0 aliphatic rings. The van der Waals surface area contributed by atoms with Gasteiger partial charge >= 0.3 is 0 Å². The molecule has 0 saturated heterocycles. The van der Waals surface area contributed by atoms with Gasteiger partial charge in [-0.3, -0.25) is 9.59 Å². The Bertz CT molecular complexity index is 749. The summed E-state index contributed by atoms with van der Waals surface area (Å²) in [5, 5.41) is 17.7. The highest BCUT2D eigenvalue weighted by molar-refractivity contribution is 8.00. The van der Waals surface area contributed by atoms with Crippen molar-refractivity contribution >= 4 is 29.4 Å². The van der Waals surface area contributed by atoms with E-state index in [0.717, 1.165) is 5.56 Å². The van der Waals surface area contributed by atoms with Crippen LogP contribution in [0.5, 0.6) is 0 Å². The first-order chi connectivity index (χ1) is 11.6. The van der Waals surface area contributed by atoms with Gasteiger partial charge in [-0.2, -0.15) is 5.26 Å². The second kappa shape index (κ2) is 8.74. The van der Waals surface area contributed by atoms with Gasteiger partial charge in [0.2, 0.25) is 11.8 Å². The van der Waals surface area contributed by atoms with Crippen LogP contribution in [0.15, 0.2) is 34.9 Å². The minimum atomic E-state index is -0.242. The van der Waals surface area contributed by atoms with Crippen molar-refractivity contribution in [2.24, 2.45) is 0 Å². The molecular weight excluding hydrogens is 328 g/mol. The summed E-state index contributed by atoms with van der Waals surface area (Å²) in [5.41, 5.74) is 1.49. The highest BCUT2D eigenvalue weighted by Crippen LogP contribution is 2.08. The molecule has 0 fully saturated rings. The molecule has 0 aliphatic heterocycles. The molecule has 1 heterocycles. The van der Waals surface area contributed by atoms with Crippen LogP contribution in [0.3, 0.4) is 0 Å². The van der Waals surface area contributed by atoms with Crippen molar-refractivity contribution < 1.29 is 14.1 Å². The maximum Gasteiger partial charge on any atom is 0.235 e. The molecule has 8 heteroatoms. The van der Waals surface area contributed by atoms with Crippen LogP contribution in [0.2, 0.25) is 0 Å².